The lowest BCUT2D eigenvalue weighted by atomic mass is 9.96. The fourth-order valence-corrected chi connectivity index (χ4v) is 1.04. The van der Waals surface area contributed by atoms with E-state index in [4.69, 9.17) is 56.2 Å². The highest BCUT2D eigenvalue weighted by molar-refractivity contribution is 5.88. The van der Waals surface area contributed by atoms with E-state index < -0.39 is 66.6 Å². The van der Waals surface area contributed by atoms with Gasteiger partial charge in [0.05, 0.1) is 26.1 Å². The molecule has 16 nitrogen and oxygen atoms in total. The van der Waals surface area contributed by atoms with Crippen LogP contribution in [-0.4, -0.2) is 123 Å². The number of aliphatic hydroxyl groups is 6. The van der Waals surface area contributed by atoms with Crippen LogP contribution in [0.2, 0.25) is 0 Å². The lowest BCUT2D eigenvalue weighted by Gasteiger charge is -2.18. The molecule has 11 N–H and O–H groups in total. The second kappa shape index (κ2) is 15.1. The molecule has 170 valence electrons. The van der Waals surface area contributed by atoms with Crippen molar-refractivity contribution < 1.29 is 80.1 Å². The monoisotopic (exact) mass is 434 g/mol. The van der Waals surface area contributed by atoms with Crippen molar-refractivity contribution in [3.05, 3.63) is 0 Å². The summed E-state index contributed by atoms with van der Waals surface area (Å²) in [5, 5.41) is 90.4. The number of aliphatic carboxylic acids is 5. The van der Waals surface area contributed by atoms with E-state index in [0.717, 1.165) is 0 Å². The molecule has 0 radical (unpaired) electrons. The Bertz CT molecular complexity index is 519. The van der Waals surface area contributed by atoms with Crippen LogP contribution in [0, 0.1) is 0 Å². The minimum atomic E-state index is -2.74. The molecule has 2 unspecified atom stereocenters. The number of hydrogen-bond donors (Lipinski definition) is 11. The Hall–Kier alpha value is -2.89. The first-order chi connectivity index (χ1) is 13.0. The number of carboxylic acids is 5. The largest absolute Gasteiger partial charge is 0.481 e. The highest BCUT2D eigenvalue weighted by Crippen LogP contribution is 2.15. The fraction of sp³-hybridized carbons (Fsp3) is 0.615. The highest BCUT2D eigenvalue weighted by Gasteiger charge is 2.40. The van der Waals surface area contributed by atoms with Crippen molar-refractivity contribution in [3.63, 3.8) is 0 Å². The maximum atomic E-state index is 10.3. The van der Waals surface area contributed by atoms with Crippen molar-refractivity contribution in [2.75, 3.05) is 13.2 Å². The smallest absolute Gasteiger partial charge is 0.336 e. The third-order valence-electron chi connectivity index (χ3n) is 2.51. The number of carboxylic acid groups (broad SMARTS) is 5. The molecule has 0 aliphatic heterocycles. The molecule has 0 saturated heterocycles. The summed E-state index contributed by atoms with van der Waals surface area (Å²) in [4.78, 5) is 50.0. The average Bonchev–Trinajstić information content (AvgIpc) is 2.58. The van der Waals surface area contributed by atoms with Gasteiger partial charge in [-0.25, -0.2) is 14.4 Å². The average molecular weight is 434 g/mol. The fourth-order valence-electron chi connectivity index (χ4n) is 1.04. The SMILES string of the molecule is O=C(O)C(O)C(O)C(=O)O.O=C(O)CC(O)(CC(=O)O)C(=O)O.OCC(O)CO. The quantitative estimate of drug-likeness (QED) is 0.153. The molecule has 0 amide bonds. The Labute approximate surface area is 161 Å². The molecule has 29 heavy (non-hydrogen) atoms. The first kappa shape index (κ1) is 30.8. The Morgan fingerprint density at radius 2 is 0.931 bits per heavy atom. The number of hydrogen-bond acceptors (Lipinski definition) is 11. The Kier molecular flexibility index (Phi) is 16.0. The summed E-state index contributed by atoms with van der Waals surface area (Å²) in [6.07, 6.45) is -7.77. The zero-order valence-corrected chi connectivity index (χ0v) is 14.5. The third-order valence-corrected chi connectivity index (χ3v) is 2.51. The molecule has 0 aromatic rings. The first-order valence-corrected chi connectivity index (χ1v) is 7.16. The molecule has 0 spiro atoms. The maximum Gasteiger partial charge on any atom is 0.336 e. The van der Waals surface area contributed by atoms with Gasteiger partial charge < -0.3 is 56.2 Å². The van der Waals surface area contributed by atoms with Gasteiger partial charge in [0.25, 0.3) is 0 Å². The Morgan fingerprint density at radius 1 is 0.655 bits per heavy atom. The van der Waals surface area contributed by atoms with E-state index in [0.29, 0.717) is 0 Å². The second-order valence-electron chi connectivity index (χ2n) is 5.06. The molecular formula is C13H22O16. The van der Waals surface area contributed by atoms with E-state index in [1.165, 1.54) is 0 Å². The molecule has 0 fully saturated rings. The van der Waals surface area contributed by atoms with Gasteiger partial charge in [-0.1, -0.05) is 0 Å². The van der Waals surface area contributed by atoms with Gasteiger partial charge in [0.2, 0.25) is 0 Å². The van der Waals surface area contributed by atoms with Crippen LogP contribution in [0.15, 0.2) is 0 Å². The van der Waals surface area contributed by atoms with Gasteiger partial charge in [0.15, 0.2) is 17.8 Å². The molecule has 0 heterocycles. The van der Waals surface area contributed by atoms with Crippen LogP contribution in [0.1, 0.15) is 12.8 Å². The number of carbonyl (C=O) groups is 5. The van der Waals surface area contributed by atoms with Crippen LogP contribution in [-0.2, 0) is 24.0 Å². The minimum absolute atomic E-state index is 0.365. The number of aliphatic hydroxyl groups excluding tert-OH is 5. The molecule has 0 saturated carbocycles. The van der Waals surface area contributed by atoms with Crippen LogP contribution in [0.5, 0.6) is 0 Å². The van der Waals surface area contributed by atoms with Crippen LogP contribution < -0.4 is 0 Å². The van der Waals surface area contributed by atoms with Crippen molar-refractivity contribution >= 4 is 29.8 Å². The van der Waals surface area contributed by atoms with Gasteiger partial charge in [-0.3, -0.25) is 9.59 Å². The maximum absolute atomic E-state index is 10.3. The number of rotatable bonds is 10. The summed E-state index contributed by atoms with van der Waals surface area (Å²) in [5.41, 5.74) is -2.74. The molecule has 0 aliphatic carbocycles. The topological polar surface area (TPSA) is 308 Å². The predicted molar refractivity (Wildman–Crippen MR) is 84.6 cm³/mol. The summed E-state index contributed by atoms with van der Waals surface area (Å²) in [6, 6.07) is 0. The molecule has 2 atom stereocenters. The van der Waals surface area contributed by atoms with Crippen molar-refractivity contribution in [2.24, 2.45) is 0 Å². The summed E-state index contributed by atoms with van der Waals surface area (Å²) >= 11 is 0. The lowest BCUT2D eigenvalue weighted by Crippen LogP contribution is -2.42. The molecule has 0 aliphatic rings. The Balaban J connectivity index is -0.000000375. The minimum Gasteiger partial charge on any atom is -0.481 e. The van der Waals surface area contributed by atoms with Gasteiger partial charge >= 0.3 is 29.8 Å². The summed E-state index contributed by atoms with van der Waals surface area (Å²) in [5.74, 6) is -8.56. The standard InChI is InChI=1S/C6H8O7.C4H6O6.C3H8O3/c7-3(8)1-6(13,5(11)12)2-4(9)10;5-1(3(7)8)2(6)4(9)10;4-1-3(6)2-5/h13H,1-2H2,(H,7,8)(H,9,10)(H,11,12);1-2,5-6H,(H,7,8)(H,9,10);3-6H,1-2H2. The van der Waals surface area contributed by atoms with Crippen molar-refractivity contribution in [3.8, 4) is 0 Å². The molecule has 0 aromatic carbocycles. The van der Waals surface area contributed by atoms with Crippen LogP contribution in [0.3, 0.4) is 0 Å². The third kappa shape index (κ3) is 15.8. The van der Waals surface area contributed by atoms with E-state index in [-0.39, 0.29) is 13.2 Å². The summed E-state index contributed by atoms with van der Waals surface area (Å²) in [6.45, 7) is -0.729. The van der Waals surface area contributed by atoms with Crippen molar-refractivity contribution in [1.82, 2.24) is 0 Å². The predicted octanol–water partition coefficient (Wildman–Crippen LogP) is -5.04. The van der Waals surface area contributed by atoms with Gasteiger partial charge in [0, 0.05) is 0 Å². The van der Waals surface area contributed by atoms with E-state index in [1.807, 2.05) is 0 Å². The van der Waals surface area contributed by atoms with Crippen LogP contribution in [0.4, 0.5) is 0 Å². The van der Waals surface area contributed by atoms with Gasteiger partial charge in [-0.2, -0.15) is 0 Å². The van der Waals surface area contributed by atoms with Crippen molar-refractivity contribution in [1.29, 1.82) is 0 Å². The van der Waals surface area contributed by atoms with Gasteiger partial charge in [0.1, 0.15) is 6.10 Å². The molecular weight excluding hydrogens is 412 g/mol. The van der Waals surface area contributed by atoms with E-state index >= 15 is 0 Å². The zero-order chi connectivity index (χ0) is 23.9. The highest BCUT2D eigenvalue weighted by atomic mass is 16.4. The van der Waals surface area contributed by atoms with Gasteiger partial charge in [-0.05, 0) is 0 Å². The van der Waals surface area contributed by atoms with E-state index in [1.54, 1.807) is 0 Å². The molecule has 0 bridgehead atoms. The summed E-state index contributed by atoms with van der Waals surface area (Å²) < 4.78 is 0. The zero-order valence-electron chi connectivity index (χ0n) is 14.5. The van der Waals surface area contributed by atoms with Crippen LogP contribution >= 0.6 is 0 Å². The van der Waals surface area contributed by atoms with Crippen molar-refractivity contribution in [2.45, 2.75) is 36.8 Å². The Morgan fingerprint density at radius 3 is 1.03 bits per heavy atom. The van der Waals surface area contributed by atoms with Gasteiger partial charge in [-0.15, -0.1) is 0 Å². The second-order valence-corrected chi connectivity index (χ2v) is 5.06. The van der Waals surface area contributed by atoms with E-state index in [9.17, 15) is 24.0 Å². The molecule has 0 aromatic heterocycles. The molecule has 16 heteroatoms. The van der Waals surface area contributed by atoms with Crippen LogP contribution in [0.25, 0.3) is 0 Å². The first-order valence-electron chi connectivity index (χ1n) is 7.16. The molecule has 0 rings (SSSR count). The lowest BCUT2D eigenvalue weighted by molar-refractivity contribution is -0.170. The van der Waals surface area contributed by atoms with E-state index in [2.05, 4.69) is 0 Å². The summed E-state index contributed by atoms with van der Waals surface area (Å²) in [7, 11) is 0. The normalized spacial score (nSPS) is 12.4.